The van der Waals surface area contributed by atoms with E-state index in [0.29, 0.717) is 6.61 Å². The number of hydrogen-bond acceptors (Lipinski definition) is 4. The van der Waals surface area contributed by atoms with E-state index in [2.05, 4.69) is 10.5 Å². The summed E-state index contributed by atoms with van der Waals surface area (Å²) in [6.07, 6.45) is 0. The Morgan fingerprint density at radius 2 is 2.70 bits per heavy atom. The topological polar surface area (TPSA) is 59.6 Å². The van der Waals surface area contributed by atoms with Crippen LogP contribution in [0.15, 0.2) is 5.16 Å². The summed E-state index contributed by atoms with van der Waals surface area (Å²) in [5, 5.41) is 6.95. The number of rotatable bonds is 2. The molecule has 1 heterocycles. The first-order valence-electron chi connectivity index (χ1n) is 3.49. The van der Waals surface area contributed by atoms with E-state index in [1.807, 2.05) is 6.92 Å². The molecule has 1 fully saturated rings. The van der Waals surface area contributed by atoms with Crippen LogP contribution in [0.1, 0.15) is 6.92 Å². The Bertz CT molecular complexity index is 135. The second kappa shape index (κ2) is 3.53. The highest BCUT2D eigenvalue weighted by atomic mass is 16.6. The molecule has 0 amide bonds. The summed E-state index contributed by atoms with van der Waals surface area (Å²) in [6.45, 7) is 4.08. The second-order valence-corrected chi connectivity index (χ2v) is 2.24. The van der Waals surface area contributed by atoms with Gasteiger partial charge in [-0.15, -0.1) is 0 Å². The van der Waals surface area contributed by atoms with Crippen LogP contribution in [0.5, 0.6) is 0 Å². The maximum atomic E-state index is 5.65. The molecule has 1 rings (SSSR count). The summed E-state index contributed by atoms with van der Waals surface area (Å²) in [7, 11) is 0. The zero-order valence-corrected chi connectivity index (χ0v) is 6.13. The van der Waals surface area contributed by atoms with Gasteiger partial charge in [-0.25, -0.2) is 0 Å². The minimum Gasteiger partial charge on any atom is -0.396 e. The van der Waals surface area contributed by atoms with Crippen molar-refractivity contribution in [3.8, 4) is 0 Å². The lowest BCUT2D eigenvalue weighted by Crippen LogP contribution is -2.29. The van der Waals surface area contributed by atoms with E-state index in [1.165, 1.54) is 0 Å². The molecular formula is C6H13N3O. The zero-order chi connectivity index (χ0) is 7.40. The number of nitrogens with one attached hydrogen (secondary N) is 1. The molecule has 0 aromatic heterocycles. The Morgan fingerprint density at radius 1 is 1.90 bits per heavy atom. The van der Waals surface area contributed by atoms with Crippen molar-refractivity contribution in [3.05, 3.63) is 0 Å². The molecule has 0 radical (unpaired) electrons. The molecule has 0 bridgehead atoms. The van der Waals surface area contributed by atoms with E-state index < -0.39 is 0 Å². The van der Waals surface area contributed by atoms with Gasteiger partial charge in [-0.2, -0.15) is 0 Å². The largest absolute Gasteiger partial charge is 0.396 e. The highest BCUT2D eigenvalue weighted by Crippen LogP contribution is 1.92. The van der Waals surface area contributed by atoms with Crippen molar-refractivity contribution in [2.24, 2.45) is 10.9 Å². The fourth-order valence-electron chi connectivity index (χ4n) is 0.852. The molecule has 4 heteroatoms. The average molecular weight is 143 g/mol. The van der Waals surface area contributed by atoms with Crippen LogP contribution in [0.3, 0.4) is 0 Å². The molecule has 0 aromatic rings. The monoisotopic (exact) mass is 143 g/mol. The first-order valence-corrected chi connectivity index (χ1v) is 3.49. The lowest BCUT2D eigenvalue weighted by molar-refractivity contribution is 0.158. The Hall–Kier alpha value is -0.610. The van der Waals surface area contributed by atoms with Gasteiger partial charge in [0.1, 0.15) is 6.61 Å². The second-order valence-electron chi connectivity index (χ2n) is 2.24. The minimum absolute atomic E-state index is 0.0477. The van der Waals surface area contributed by atoms with Gasteiger partial charge in [0.05, 0.1) is 11.8 Å². The first-order chi connectivity index (χ1) is 4.84. The molecule has 0 aliphatic carbocycles. The molecule has 10 heavy (non-hydrogen) atoms. The highest BCUT2D eigenvalue weighted by molar-refractivity contribution is 5.92. The van der Waals surface area contributed by atoms with Gasteiger partial charge < -0.3 is 15.9 Å². The highest BCUT2D eigenvalue weighted by Gasteiger charge is 2.17. The average Bonchev–Trinajstić information content (AvgIpc) is 2.31. The SMILES string of the molecule is CCON=C1CNCC1N. The zero-order valence-electron chi connectivity index (χ0n) is 6.13. The fourth-order valence-corrected chi connectivity index (χ4v) is 0.852. The summed E-state index contributed by atoms with van der Waals surface area (Å²) in [4.78, 5) is 4.86. The normalized spacial score (nSPS) is 29.4. The number of hydrogen-bond donors (Lipinski definition) is 2. The number of oxime groups is 1. The molecule has 0 aromatic carbocycles. The molecule has 0 saturated carbocycles. The summed E-state index contributed by atoms with van der Waals surface area (Å²) in [5.74, 6) is 0. The van der Waals surface area contributed by atoms with Crippen LogP contribution < -0.4 is 11.1 Å². The van der Waals surface area contributed by atoms with E-state index in [-0.39, 0.29) is 6.04 Å². The predicted octanol–water partition coefficient (Wildman–Crippen LogP) is -0.691. The number of nitrogens with two attached hydrogens (primary N) is 1. The molecular weight excluding hydrogens is 130 g/mol. The lowest BCUT2D eigenvalue weighted by Gasteiger charge is -2.00. The fraction of sp³-hybridized carbons (Fsp3) is 0.833. The van der Waals surface area contributed by atoms with Crippen LogP contribution >= 0.6 is 0 Å². The maximum absolute atomic E-state index is 5.65. The molecule has 1 aliphatic heterocycles. The maximum Gasteiger partial charge on any atom is 0.114 e. The van der Waals surface area contributed by atoms with Crippen molar-refractivity contribution in [1.82, 2.24) is 5.32 Å². The smallest absolute Gasteiger partial charge is 0.114 e. The molecule has 4 nitrogen and oxygen atoms in total. The van der Waals surface area contributed by atoms with Gasteiger partial charge >= 0.3 is 0 Å². The van der Waals surface area contributed by atoms with Crippen LogP contribution in [0.25, 0.3) is 0 Å². The van der Waals surface area contributed by atoms with Crippen LogP contribution in [0.2, 0.25) is 0 Å². The third-order valence-corrected chi connectivity index (χ3v) is 1.41. The van der Waals surface area contributed by atoms with E-state index in [0.717, 1.165) is 18.8 Å². The van der Waals surface area contributed by atoms with Crippen LogP contribution in [0, 0.1) is 0 Å². The quantitative estimate of drug-likeness (QED) is 0.503. The van der Waals surface area contributed by atoms with E-state index in [9.17, 15) is 0 Å². The predicted molar refractivity (Wildman–Crippen MR) is 39.9 cm³/mol. The van der Waals surface area contributed by atoms with Gasteiger partial charge in [-0.1, -0.05) is 5.16 Å². The Labute approximate surface area is 60.4 Å². The molecule has 1 saturated heterocycles. The third kappa shape index (κ3) is 1.68. The van der Waals surface area contributed by atoms with Gasteiger partial charge in [0.2, 0.25) is 0 Å². The number of nitrogens with zero attached hydrogens (tertiary/aromatic N) is 1. The minimum atomic E-state index is 0.0477. The van der Waals surface area contributed by atoms with Crippen molar-refractivity contribution in [1.29, 1.82) is 0 Å². The van der Waals surface area contributed by atoms with Crippen LogP contribution in [-0.4, -0.2) is 31.4 Å². The Balaban J connectivity index is 2.38. The van der Waals surface area contributed by atoms with E-state index in [4.69, 9.17) is 10.6 Å². The lowest BCUT2D eigenvalue weighted by atomic mass is 10.2. The molecule has 1 aliphatic rings. The van der Waals surface area contributed by atoms with Crippen molar-refractivity contribution < 1.29 is 4.84 Å². The van der Waals surface area contributed by atoms with Crippen molar-refractivity contribution in [3.63, 3.8) is 0 Å². The van der Waals surface area contributed by atoms with Gasteiger partial charge in [-0.05, 0) is 6.92 Å². The summed E-state index contributed by atoms with van der Waals surface area (Å²) in [5.41, 5.74) is 6.56. The summed E-state index contributed by atoms with van der Waals surface area (Å²) in [6, 6.07) is 0.0477. The van der Waals surface area contributed by atoms with Gasteiger partial charge in [0.25, 0.3) is 0 Å². The van der Waals surface area contributed by atoms with Crippen molar-refractivity contribution >= 4 is 5.71 Å². The van der Waals surface area contributed by atoms with Crippen molar-refractivity contribution in [2.75, 3.05) is 19.7 Å². The van der Waals surface area contributed by atoms with Crippen molar-refractivity contribution in [2.45, 2.75) is 13.0 Å². The molecule has 1 atom stereocenters. The molecule has 0 spiro atoms. The Kier molecular flexibility index (Phi) is 2.65. The van der Waals surface area contributed by atoms with Gasteiger partial charge in [0, 0.05) is 13.1 Å². The third-order valence-electron chi connectivity index (χ3n) is 1.41. The Morgan fingerprint density at radius 3 is 3.20 bits per heavy atom. The van der Waals surface area contributed by atoms with E-state index in [1.54, 1.807) is 0 Å². The summed E-state index contributed by atoms with van der Waals surface area (Å²) < 4.78 is 0. The van der Waals surface area contributed by atoms with Crippen LogP contribution in [-0.2, 0) is 4.84 Å². The van der Waals surface area contributed by atoms with Gasteiger partial charge in [0.15, 0.2) is 0 Å². The first kappa shape index (κ1) is 7.50. The molecule has 1 unspecified atom stereocenters. The van der Waals surface area contributed by atoms with Crippen LogP contribution in [0.4, 0.5) is 0 Å². The van der Waals surface area contributed by atoms with Gasteiger partial charge in [-0.3, -0.25) is 0 Å². The summed E-state index contributed by atoms with van der Waals surface area (Å²) >= 11 is 0. The molecule has 3 N–H and O–H groups in total. The van der Waals surface area contributed by atoms with E-state index >= 15 is 0 Å². The molecule has 58 valence electrons. The standard InChI is InChI=1S/C6H13N3O/c1-2-10-9-6-4-8-3-5(6)7/h5,8H,2-4,7H2,1H3.